The quantitative estimate of drug-likeness (QED) is 0.591. The largest absolute Gasteiger partial charge is 0.306 e. The molecule has 0 aliphatic heterocycles. The molecule has 22 heavy (non-hydrogen) atoms. The van der Waals surface area contributed by atoms with Gasteiger partial charge in [-0.25, -0.2) is 9.97 Å². The van der Waals surface area contributed by atoms with Crippen molar-refractivity contribution in [2.45, 2.75) is 0 Å². The lowest BCUT2D eigenvalue weighted by atomic mass is 10.1. The first-order chi connectivity index (χ1) is 10.6. The number of aromatic nitrogens is 2. The first-order valence-electron chi connectivity index (χ1n) is 6.42. The molecule has 0 atom stereocenters. The summed E-state index contributed by atoms with van der Waals surface area (Å²) in [7, 11) is 0. The van der Waals surface area contributed by atoms with Crippen LogP contribution in [0, 0.1) is 10.1 Å². The average molecular weight is 294 g/mol. The summed E-state index contributed by atoms with van der Waals surface area (Å²) in [4.78, 5) is 30.9. The summed E-state index contributed by atoms with van der Waals surface area (Å²) in [5.74, 6) is -0.301. The average Bonchev–Trinajstić information content (AvgIpc) is 2.54. The Morgan fingerprint density at radius 1 is 1.09 bits per heavy atom. The van der Waals surface area contributed by atoms with Crippen LogP contribution in [0.1, 0.15) is 10.4 Å². The summed E-state index contributed by atoms with van der Waals surface area (Å²) in [6.07, 6.45) is 1.60. The van der Waals surface area contributed by atoms with Crippen LogP contribution in [0.5, 0.6) is 0 Å². The van der Waals surface area contributed by atoms with Crippen molar-refractivity contribution in [1.29, 1.82) is 0 Å². The van der Waals surface area contributed by atoms with E-state index < -0.39 is 10.8 Å². The lowest BCUT2D eigenvalue weighted by Crippen LogP contribution is -2.14. The highest BCUT2D eigenvalue weighted by Gasteiger charge is 2.19. The zero-order valence-electron chi connectivity index (χ0n) is 11.3. The number of benzene rings is 1. The summed E-state index contributed by atoms with van der Waals surface area (Å²) in [6, 6.07) is 12.8. The molecule has 3 rings (SSSR count). The van der Waals surface area contributed by atoms with Crippen molar-refractivity contribution >= 4 is 28.4 Å². The second kappa shape index (κ2) is 5.57. The van der Waals surface area contributed by atoms with Gasteiger partial charge in [-0.2, -0.15) is 0 Å². The van der Waals surface area contributed by atoms with E-state index in [1.807, 2.05) is 6.07 Å². The lowest BCUT2D eigenvalue weighted by Gasteiger charge is -2.05. The number of para-hydroxylation sites is 1. The van der Waals surface area contributed by atoms with Gasteiger partial charge in [0.15, 0.2) is 5.65 Å². The van der Waals surface area contributed by atoms with Crippen LogP contribution in [0.4, 0.5) is 11.5 Å². The highest BCUT2D eigenvalue weighted by atomic mass is 16.6. The van der Waals surface area contributed by atoms with Crippen molar-refractivity contribution in [3.63, 3.8) is 0 Å². The third-order valence-corrected chi connectivity index (χ3v) is 3.05. The minimum Gasteiger partial charge on any atom is -0.306 e. The van der Waals surface area contributed by atoms with Gasteiger partial charge < -0.3 is 5.32 Å². The Bertz CT molecular complexity index is 879. The minimum absolute atomic E-state index is 0.0181. The molecule has 0 radical (unpaired) electrons. The van der Waals surface area contributed by atoms with E-state index in [1.54, 1.807) is 30.5 Å². The monoisotopic (exact) mass is 294 g/mol. The standard InChI is InChI=1S/C15H10N4O3/c20-15(11-5-1-2-6-12(11)19(21)22)18-13-8-7-10-4-3-9-16-14(10)17-13/h1-9H,(H,16,17,18,20). The van der Waals surface area contributed by atoms with E-state index in [0.29, 0.717) is 5.65 Å². The van der Waals surface area contributed by atoms with Crippen molar-refractivity contribution in [2.24, 2.45) is 0 Å². The van der Waals surface area contributed by atoms with Crippen LogP contribution in [0.25, 0.3) is 11.0 Å². The molecule has 1 aromatic carbocycles. The van der Waals surface area contributed by atoms with Gasteiger partial charge in [-0.05, 0) is 30.3 Å². The molecule has 0 aliphatic rings. The number of nitrogens with zero attached hydrogens (tertiary/aromatic N) is 3. The summed E-state index contributed by atoms with van der Waals surface area (Å²) in [5.41, 5.74) is 0.220. The molecule has 2 aromatic heterocycles. The highest BCUT2D eigenvalue weighted by molar-refractivity contribution is 6.06. The molecule has 0 fully saturated rings. The van der Waals surface area contributed by atoms with Crippen molar-refractivity contribution < 1.29 is 9.72 Å². The van der Waals surface area contributed by atoms with E-state index in [1.165, 1.54) is 18.2 Å². The molecule has 1 amide bonds. The Hall–Kier alpha value is -3.35. The van der Waals surface area contributed by atoms with E-state index in [-0.39, 0.29) is 17.1 Å². The lowest BCUT2D eigenvalue weighted by molar-refractivity contribution is -0.385. The van der Waals surface area contributed by atoms with Crippen LogP contribution in [0.15, 0.2) is 54.7 Å². The van der Waals surface area contributed by atoms with Gasteiger partial charge in [0.05, 0.1) is 4.92 Å². The molecule has 108 valence electrons. The number of hydrogen-bond donors (Lipinski definition) is 1. The minimum atomic E-state index is -0.593. The number of carbonyl (C=O) groups is 1. The number of nitrogens with one attached hydrogen (secondary N) is 1. The fourth-order valence-electron chi connectivity index (χ4n) is 2.03. The number of hydrogen-bond acceptors (Lipinski definition) is 5. The van der Waals surface area contributed by atoms with Crippen molar-refractivity contribution in [1.82, 2.24) is 9.97 Å². The Balaban J connectivity index is 1.91. The van der Waals surface area contributed by atoms with Crippen LogP contribution in [-0.2, 0) is 0 Å². The van der Waals surface area contributed by atoms with E-state index in [4.69, 9.17) is 0 Å². The Kier molecular flexibility index (Phi) is 3.45. The molecule has 0 saturated heterocycles. The zero-order valence-corrected chi connectivity index (χ0v) is 11.3. The molecular formula is C15H10N4O3. The number of pyridine rings is 2. The maximum absolute atomic E-state index is 12.2. The van der Waals surface area contributed by atoms with Crippen molar-refractivity contribution in [3.05, 3.63) is 70.4 Å². The smallest absolute Gasteiger partial charge is 0.282 e. The molecule has 0 unspecified atom stereocenters. The maximum atomic E-state index is 12.2. The van der Waals surface area contributed by atoms with Gasteiger partial charge in [0, 0.05) is 17.6 Å². The van der Waals surface area contributed by atoms with Crippen LogP contribution >= 0.6 is 0 Å². The van der Waals surface area contributed by atoms with Crippen LogP contribution in [0.2, 0.25) is 0 Å². The number of nitro benzene ring substituents is 1. The number of rotatable bonds is 3. The number of nitro groups is 1. The van der Waals surface area contributed by atoms with E-state index in [9.17, 15) is 14.9 Å². The number of fused-ring (bicyclic) bond motifs is 1. The van der Waals surface area contributed by atoms with E-state index >= 15 is 0 Å². The second-order valence-electron chi connectivity index (χ2n) is 4.47. The van der Waals surface area contributed by atoms with Crippen molar-refractivity contribution in [3.8, 4) is 0 Å². The molecule has 1 N–H and O–H groups in total. The predicted molar refractivity (Wildman–Crippen MR) is 80.6 cm³/mol. The summed E-state index contributed by atoms with van der Waals surface area (Å²) < 4.78 is 0. The molecule has 0 bridgehead atoms. The number of carbonyl (C=O) groups excluding carboxylic acids is 1. The number of amides is 1. The second-order valence-corrected chi connectivity index (χ2v) is 4.47. The third kappa shape index (κ3) is 2.59. The van der Waals surface area contributed by atoms with E-state index in [0.717, 1.165) is 5.39 Å². The highest BCUT2D eigenvalue weighted by Crippen LogP contribution is 2.19. The predicted octanol–water partition coefficient (Wildman–Crippen LogP) is 2.79. The van der Waals surface area contributed by atoms with Gasteiger partial charge in [0.25, 0.3) is 11.6 Å². The topological polar surface area (TPSA) is 98.0 Å². The molecule has 2 heterocycles. The first-order valence-corrected chi connectivity index (χ1v) is 6.42. The molecular weight excluding hydrogens is 284 g/mol. The zero-order chi connectivity index (χ0) is 15.5. The van der Waals surface area contributed by atoms with Gasteiger partial charge in [0.1, 0.15) is 11.4 Å². The van der Waals surface area contributed by atoms with Crippen LogP contribution < -0.4 is 5.32 Å². The molecule has 7 heteroatoms. The van der Waals surface area contributed by atoms with Crippen LogP contribution in [-0.4, -0.2) is 20.8 Å². The molecule has 0 saturated carbocycles. The SMILES string of the molecule is O=C(Nc1ccc2cccnc2n1)c1ccccc1[N+](=O)[O-]. The van der Waals surface area contributed by atoms with Gasteiger partial charge in [-0.3, -0.25) is 14.9 Å². The van der Waals surface area contributed by atoms with Gasteiger partial charge >= 0.3 is 0 Å². The summed E-state index contributed by atoms with van der Waals surface area (Å²) >= 11 is 0. The fourth-order valence-corrected chi connectivity index (χ4v) is 2.03. The molecule has 0 aliphatic carbocycles. The van der Waals surface area contributed by atoms with Crippen molar-refractivity contribution in [2.75, 3.05) is 5.32 Å². The molecule has 3 aromatic rings. The Morgan fingerprint density at radius 3 is 2.73 bits per heavy atom. The van der Waals surface area contributed by atoms with Gasteiger partial charge in [-0.1, -0.05) is 12.1 Å². The Morgan fingerprint density at radius 2 is 1.91 bits per heavy atom. The number of anilines is 1. The van der Waals surface area contributed by atoms with Crippen LogP contribution in [0.3, 0.4) is 0 Å². The molecule has 7 nitrogen and oxygen atoms in total. The van der Waals surface area contributed by atoms with E-state index in [2.05, 4.69) is 15.3 Å². The van der Waals surface area contributed by atoms with Gasteiger partial charge in [-0.15, -0.1) is 0 Å². The Labute approximate surface area is 124 Å². The summed E-state index contributed by atoms with van der Waals surface area (Å²) in [6.45, 7) is 0. The normalized spacial score (nSPS) is 10.4. The van der Waals surface area contributed by atoms with Gasteiger partial charge in [0.2, 0.25) is 0 Å². The molecule has 0 spiro atoms. The maximum Gasteiger partial charge on any atom is 0.282 e. The fraction of sp³-hybridized carbons (Fsp3) is 0. The third-order valence-electron chi connectivity index (χ3n) is 3.05. The first kappa shape index (κ1) is 13.6. The summed E-state index contributed by atoms with van der Waals surface area (Å²) in [5, 5.41) is 14.3.